The molecule has 116 valence electrons. The lowest BCUT2D eigenvalue weighted by molar-refractivity contribution is -0.138. The van der Waals surface area contributed by atoms with Gasteiger partial charge in [0, 0.05) is 22.1 Å². The van der Waals surface area contributed by atoms with Gasteiger partial charge in [0.25, 0.3) is 0 Å². The van der Waals surface area contributed by atoms with Gasteiger partial charge < -0.3 is 10.4 Å². The van der Waals surface area contributed by atoms with Gasteiger partial charge >= 0.3 is 12.1 Å². The second-order valence-electron chi connectivity index (χ2n) is 5.12. The molecule has 0 amide bonds. The number of anilines is 1. The van der Waals surface area contributed by atoms with Crippen molar-refractivity contribution in [3.05, 3.63) is 33.9 Å². The van der Waals surface area contributed by atoms with E-state index in [1.54, 1.807) is 0 Å². The number of nitrogens with one attached hydrogen (secondary N) is 1. The van der Waals surface area contributed by atoms with Crippen molar-refractivity contribution in [2.24, 2.45) is 0 Å². The molecule has 0 bridgehead atoms. The number of halogens is 4. The summed E-state index contributed by atoms with van der Waals surface area (Å²) in [7, 11) is 0. The summed E-state index contributed by atoms with van der Waals surface area (Å²) in [5, 5.41) is 12.7. The summed E-state index contributed by atoms with van der Waals surface area (Å²) in [5.41, 5.74) is -0.475. The Balaban J connectivity index is 2.24. The van der Waals surface area contributed by atoms with E-state index in [4.69, 9.17) is 0 Å². The largest absolute Gasteiger partial charge is 0.478 e. The fourth-order valence-electron chi connectivity index (χ4n) is 2.18. The molecule has 1 aliphatic carbocycles. The molecule has 8 heteroatoms. The van der Waals surface area contributed by atoms with Crippen LogP contribution in [-0.2, 0) is 6.18 Å². The molecule has 0 spiro atoms. The lowest BCUT2D eigenvalue weighted by Gasteiger charge is -2.15. The molecule has 1 heterocycles. The van der Waals surface area contributed by atoms with Crippen LogP contribution in [0.2, 0.25) is 0 Å². The molecule has 1 aromatic carbocycles. The molecule has 1 aromatic heterocycles. The molecule has 1 fully saturated rings. The monoisotopic (exact) mass is 374 g/mol. The van der Waals surface area contributed by atoms with Crippen molar-refractivity contribution in [3.8, 4) is 0 Å². The standard InChI is InChI=1S/C14H10BrF3N2O2/c15-10-3-7-11(4-9(10)14(16,17)18)19-5-8(13(21)22)12(7)20-6-1-2-6/h3-6H,1-2H2,(H,19,20)(H,21,22). The highest BCUT2D eigenvalue weighted by molar-refractivity contribution is 9.10. The van der Waals surface area contributed by atoms with E-state index in [9.17, 15) is 23.1 Å². The minimum Gasteiger partial charge on any atom is -0.478 e. The fraction of sp³-hybridized carbons (Fsp3) is 0.286. The van der Waals surface area contributed by atoms with Crippen LogP contribution in [0.3, 0.4) is 0 Å². The second-order valence-corrected chi connectivity index (χ2v) is 5.97. The zero-order valence-corrected chi connectivity index (χ0v) is 12.6. The van der Waals surface area contributed by atoms with Crippen LogP contribution in [0.25, 0.3) is 10.9 Å². The molecule has 0 aliphatic heterocycles. The Hall–Kier alpha value is -1.83. The molecular formula is C14H10BrF3N2O2. The Bertz CT molecular complexity index is 773. The Kier molecular flexibility index (Phi) is 3.51. The summed E-state index contributed by atoms with van der Waals surface area (Å²) in [4.78, 5) is 15.2. The number of aromatic nitrogens is 1. The highest BCUT2D eigenvalue weighted by Gasteiger charge is 2.34. The first kappa shape index (κ1) is 15.1. The van der Waals surface area contributed by atoms with Crippen molar-refractivity contribution >= 4 is 38.5 Å². The molecule has 4 nitrogen and oxygen atoms in total. The SMILES string of the molecule is O=C(O)c1cnc2cc(C(F)(F)F)c(Br)cc2c1NC1CC1. The van der Waals surface area contributed by atoms with Crippen LogP contribution in [0, 0.1) is 0 Å². The van der Waals surface area contributed by atoms with Crippen molar-refractivity contribution in [1.29, 1.82) is 0 Å². The molecule has 2 N–H and O–H groups in total. The van der Waals surface area contributed by atoms with Crippen molar-refractivity contribution in [3.63, 3.8) is 0 Å². The maximum atomic E-state index is 12.9. The Labute approximate surface area is 131 Å². The molecule has 1 saturated carbocycles. The van der Waals surface area contributed by atoms with E-state index in [1.807, 2.05) is 0 Å². The number of aromatic carboxylic acids is 1. The van der Waals surface area contributed by atoms with Gasteiger partial charge in [-0.15, -0.1) is 0 Å². The smallest absolute Gasteiger partial charge is 0.417 e. The minimum atomic E-state index is -4.51. The van der Waals surface area contributed by atoms with Crippen LogP contribution in [-0.4, -0.2) is 22.1 Å². The molecule has 0 atom stereocenters. The number of carboxylic acids is 1. The molecule has 0 unspecified atom stereocenters. The second kappa shape index (κ2) is 5.12. The van der Waals surface area contributed by atoms with Gasteiger partial charge in [-0.25, -0.2) is 4.79 Å². The number of hydrogen-bond donors (Lipinski definition) is 2. The maximum Gasteiger partial charge on any atom is 0.417 e. The Morgan fingerprint density at radius 2 is 2.05 bits per heavy atom. The average Bonchev–Trinajstić information content (AvgIpc) is 3.21. The zero-order valence-electron chi connectivity index (χ0n) is 11.0. The Morgan fingerprint density at radius 1 is 1.36 bits per heavy atom. The molecule has 3 rings (SSSR count). The van der Waals surface area contributed by atoms with Crippen LogP contribution >= 0.6 is 15.9 Å². The summed E-state index contributed by atoms with van der Waals surface area (Å²) in [6.45, 7) is 0. The van der Waals surface area contributed by atoms with Gasteiger partial charge in [0.1, 0.15) is 5.56 Å². The van der Waals surface area contributed by atoms with Crippen LogP contribution in [0.15, 0.2) is 22.8 Å². The first-order chi connectivity index (χ1) is 10.3. The number of pyridine rings is 1. The van der Waals surface area contributed by atoms with Crippen LogP contribution < -0.4 is 5.32 Å². The van der Waals surface area contributed by atoms with E-state index in [-0.39, 0.29) is 21.6 Å². The average molecular weight is 375 g/mol. The lowest BCUT2D eigenvalue weighted by atomic mass is 10.1. The first-order valence-corrected chi connectivity index (χ1v) is 7.26. The summed E-state index contributed by atoms with van der Waals surface area (Å²) in [5.74, 6) is -1.17. The summed E-state index contributed by atoms with van der Waals surface area (Å²) in [6, 6.07) is 2.34. The molecule has 0 radical (unpaired) electrons. The van der Waals surface area contributed by atoms with Gasteiger partial charge in [-0.3, -0.25) is 4.98 Å². The number of carboxylic acid groups (broad SMARTS) is 1. The molecule has 2 aromatic rings. The number of alkyl halides is 3. The van der Waals surface area contributed by atoms with Gasteiger partial charge in [-0.1, -0.05) is 15.9 Å². The van der Waals surface area contributed by atoms with E-state index >= 15 is 0 Å². The Morgan fingerprint density at radius 3 is 2.59 bits per heavy atom. The molecular weight excluding hydrogens is 365 g/mol. The maximum absolute atomic E-state index is 12.9. The minimum absolute atomic E-state index is 0.0499. The fourth-order valence-corrected chi connectivity index (χ4v) is 2.75. The quantitative estimate of drug-likeness (QED) is 0.841. The number of nitrogens with zero attached hydrogens (tertiary/aromatic N) is 1. The molecule has 0 saturated heterocycles. The van der Waals surface area contributed by atoms with Crippen LogP contribution in [0.1, 0.15) is 28.8 Å². The van der Waals surface area contributed by atoms with Crippen molar-refractivity contribution in [2.45, 2.75) is 25.1 Å². The first-order valence-electron chi connectivity index (χ1n) is 6.46. The van der Waals surface area contributed by atoms with Crippen molar-refractivity contribution in [2.75, 3.05) is 5.32 Å². The third-order valence-electron chi connectivity index (χ3n) is 3.42. The number of hydrogen-bond acceptors (Lipinski definition) is 3. The number of carbonyl (C=O) groups is 1. The number of fused-ring (bicyclic) bond motifs is 1. The highest BCUT2D eigenvalue weighted by Crippen LogP contribution is 2.40. The van der Waals surface area contributed by atoms with Crippen molar-refractivity contribution in [1.82, 2.24) is 4.98 Å². The number of benzene rings is 1. The van der Waals surface area contributed by atoms with E-state index in [1.165, 1.54) is 6.07 Å². The normalized spacial score (nSPS) is 15.1. The van der Waals surface area contributed by atoms with Crippen LogP contribution in [0.5, 0.6) is 0 Å². The van der Waals surface area contributed by atoms with Gasteiger partial charge in [0.05, 0.1) is 16.8 Å². The lowest BCUT2D eigenvalue weighted by Crippen LogP contribution is -2.11. The van der Waals surface area contributed by atoms with Crippen molar-refractivity contribution < 1.29 is 23.1 Å². The van der Waals surface area contributed by atoms with E-state index in [0.29, 0.717) is 11.1 Å². The third kappa shape index (κ3) is 2.75. The third-order valence-corrected chi connectivity index (χ3v) is 4.07. The topological polar surface area (TPSA) is 62.2 Å². The summed E-state index contributed by atoms with van der Waals surface area (Å²) >= 11 is 2.91. The van der Waals surface area contributed by atoms with E-state index in [0.717, 1.165) is 25.1 Å². The van der Waals surface area contributed by atoms with E-state index < -0.39 is 17.7 Å². The van der Waals surface area contributed by atoms with Gasteiger partial charge in [-0.05, 0) is 25.0 Å². The van der Waals surface area contributed by atoms with Gasteiger partial charge in [0.2, 0.25) is 0 Å². The highest BCUT2D eigenvalue weighted by atomic mass is 79.9. The van der Waals surface area contributed by atoms with Gasteiger partial charge in [-0.2, -0.15) is 13.2 Å². The zero-order chi connectivity index (χ0) is 16.1. The predicted molar refractivity (Wildman–Crippen MR) is 78.0 cm³/mol. The summed E-state index contributed by atoms with van der Waals surface area (Å²) < 4.78 is 38.7. The van der Waals surface area contributed by atoms with Gasteiger partial charge in [0.15, 0.2) is 0 Å². The van der Waals surface area contributed by atoms with Crippen LogP contribution in [0.4, 0.5) is 18.9 Å². The summed E-state index contributed by atoms with van der Waals surface area (Å²) in [6.07, 6.45) is -1.61. The molecule has 22 heavy (non-hydrogen) atoms. The van der Waals surface area contributed by atoms with E-state index in [2.05, 4.69) is 26.2 Å². The predicted octanol–water partition coefficient (Wildman–Crippen LogP) is 4.29. The molecule has 1 aliphatic rings. The number of rotatable bonds is 3.